The molecule has 0 aliphatic carbocycles. The van der Waals surface area contributed by atoms with Crippen LogP contribution in [0.5, 0.6) is 11.5 Å². The van der Waals surface area contributed by atoms with Gasteiger partial charge >= 0.3 is 0 Å². The number of rotatable bonds is 4. The Morgan fingerprint density at radius 2 is 1.83 bits per heavy atom. The average Bonchev–Trinajstić information content (AvgIpc) is 2.46. The summed E-state index contributed by atoms with van der Waals surface area (Å²) < 4.78 is 10.5. The Hall–Kier alpha value is -2.00. The lowest BCUT2D eigenvalue weighted by atomic mass is 10.0. The molecule has 0 fully saturated rings. The number of benzene rings is 2. The third-order valence-corrected chi connectivity index (χ3v) is 2.74. The van der Waals surface area contributed by atoms with Gasteiger partial charge in [0, 0.05) is 0 Å². The van der Waals surface area contributed by atoms with E-state index in [2.05, 4.69) is 6.07 Å². The van der Waals surface area contributed by atoms with Crippen molar-refractivity contribution >= 4 is 0 Å². The van der Waals surface area contributed by atoms with E-state index in [1.807, 2.05) is 30.3 Å². The van der Waals surface area contributed by atoms with Gasteiger partial charge in [-0.1, -0.05) is 18.2 Å². The summed E-state index contributed by atoms with van der Waals surface area (Å²) in [6.07, 6.45) is 0. The summed E-state index contributed by atoms with van der Waals surface area (Å²) in [5.41, 5.74) is 2.75. The predicted molar refractivity (Wildman–Crippen MR) is 69.7 cm³/mol. The molecule has 0 atom stereocenters. The summed E-state index contributed by atoms with van der Waals surface area (Å²) in [7, 11) is 3.21. The molecule has 2 rings (SSSR count). The SMILES string of the molecule is COc1ccc(-c2[c]ccc(CO)c2)cc1OC. The lowest BCUT2D eigenvalue weighted by Crippen LogP contribution is -1.91. The second-order valence-corrected chi connectivity index (χ2v) is 3.84. The molecule has 3 heteroatoms. The van der Waals surface area contributed by atoms with E-state index in [0.29, 0.717) is 11.5 Å². The third kappa shape index (κ3) is 2.46. The molecule has 0 bridgehead atoms. The minimum absolute atomic E-state index is 0.0228. The molecular formula is C15H15O3. The lowest BCUT2D eigenvalue weighted by Gasteiger charge is -2.10. The van der Waals surface area contributed by atoms with Gasteiger partial charge in [0.2, 0.25) is 0 Å². The fourth-order valence-corrected chi connectivity index (χ4v) is 1.78. The maximum atomic E-state index is 9.13. The van der Waals surface area contributed by atoms with Crippen LogP contribution in [-0.4, -0.2) is 19.3 Å². The minimum Gasteiger partial charge on any atom is -0.493 e. The zero-order chi connectivity index (χ0) is 13.0. The average molecular weight is 243 g/mol. The van der Waals surface area contributed by atoms with Gasteiger partial charge in [-0.05, 0) is 41.0 Å². The maximum absolute atomic E-state index is 9.13. The Labute approximate surface area is 107 Å². The summed E-state index contributed by atoms with van der Waals surface area (Å²) >= 11 is 0. The second-order valence-electron chi connectivity index (χ2n) is 3.84. The van der Waals surface area contributed by atoms with Crippen molar-refractivity contribution in [1.29, 1.82) is 0 Å². The Morgan fingerprint density at radius 1 is 1.06 bits per heavy atom. The van der Waals surface area contributed by atoms with Crippen LogP contribution >= 0.6 is 0 Å². The molecule has 93 valence electrons. The highest BCUT2D eigenvalue weighted by Crippen LogP contribution is 2.32. The molecule has 18 heavy (non-hydrogen) atoms. The Bertz CT molecular complexity index is 535. The van der Waals surface area contributed by atoms with E-state index >= 15 is 0 Å². The smallest absolute Gasteiger partial charge is 0.161 e. The van der Waals surface area contributed by atoms with Crippen molar-refractivity contribution in [2.24, 2.45) is 0 Å². The molecule has 0 saturated heterocycles. The first-order valence-corrected chi connectivity index (χ1v) is 5.62. The number of ether oxygens (including phenoxy) is 2. The van der Waals surface area contributed by atoms with Crippen molar-refractivity contribution in [3.63, 3.8) is 0 Å². The molecule has 0 aliphatic rings. The van der Waals surface area contributed by atoms with Gasteiger partial charge in [-0.15, -0.1) is 0 Å². The first kappa shape index (κ1) is 12.5. The molecule has 1 radical (unpaired) electrons. The zero-order valence-electron chi connectivity index (χ0n) is 10.4. The Balaban J connectivity index is 2.43. The van der Waals surface area contributed by atoms with Gasteiger partial charge < -0.3 is 14.6 Å². The molecular weight excluding hydrogens is 228 g/mol. The third-order valence-electron chi connectivity index (χ3n) is 2.74. The van der Waals surface area contributed by atoms with Crippen LogP contribution < -0.4 is 9.47 Å². The lowest BCUT2D eigenvalue weighted by molar-refractivity contribution is 0.282. The van der Waals surface area contributed by atoms with Gasteiger partial charge in [0.05, 0.1) is 20.8 Å². The monoisotopic (exact) mass is 243 g/mol. The van der Waals surface area contributed by atoms with Crippen molar-refractivity contribution in [2.75, 3.05) is 14.2 Å². The largest absolute Gasteiger partial charge is 0.493 e. The van der Waals surface area contributed by atoms with Gasteiger partial charge in [0.25, 0.3) is 0 Å². The standard InChI is InChI=1S/C15H15O3/c1-17-14-7-6-13(9-15(14)18-2)12-5-3-4-11(8-12)10-16/h3-4,6-9,16H,10H2,1-2H3. The number of hydrogen-bond acceptors (Lipinski definition) is 3. The molecule has 0 aliphatic heterocycles. The van der Waals surface area contributed by atoms with E-state index in [1.54, 1.807) is 20.3 Å². The number of hydrogen-bond donors (Lipinski definition) is 1. The van der Waals surface area contributed by atoms with Crippen LogP contribution in [0.2, 0.25) is 0 Å². The Kier molecular flexibility index (Phi) is 3.85. The zero-order valence-corrected chi connectivity index (χ0v) is 10.4. The van der Waals surface area contributed by atoms with Crippen LogP contribution in [0.15, 0.2) is 36.4 Å². The molecule has 0 heterocycles. The number of methoxy groups -OCH3 is 2. The summed E-state index contributed by atoms with van der Waals surface area (Å²) in [5, 5.41) is 9.13. The first-order chi connectivity index (χ1) is 8.78. The Morgan fingerprint density at radius 3 is 2.50 bits per heavy atom. The maximum Gasteiger partial charge on any atom is 0.161 e. The van der Waals surface area contributed by atoms with E-state index < -0.39 is 0 Å². The quantitative estimate of drug-likeness (QED) is 0.897. The number of aliphatic hydroxyl groups excluding tert-OH is 1. The molecule has 0 aromatic heterocycles. The van der Waals surface area contributed by atoms with E-state index in [0.717, 1.165) is 16.7 Å². The molecule has 0 spiro atoms. The molecule has 0 unspecified atom stereocenters. The van der Waals surface area contributed by atoms with Crippen LogP contribution in [0, 0.1) is 6.07 Å². The highest BCUT2D eigenvalue weighted by atomic mass is 16.5. The van der Waals surface area contributed by atoms with Gasteiger partial charge in [0.1, 0.15) is 0 Å². The highest BCUT2D eigenvalue weighted by Gasteiger charge is 2.06. The second kappa shape index (κ2) is 5.56. The van der Waals surface area contributed by atoms with Crippen molar-refractivity contribution in [3.05, 3.63) is 48.0 Å². The van der Waals surface area contributed by atoms with Gasteiger partial charge in [0.15, 0.2) is 11.5 Å². The van der Waals surface area contributed by atoms with E-state index in [-0.39, 0.29) is 6.61 Å². The summed E-state index contributed by atoms with van der Waals surface area (Å²) in [6.45, 7) is 0.0228. The molecule has 2 aromatic carbocycles. The highest BCUT2D eigenvalue weighted by molar-refractivity contribution is 5.67. The van der Waals surface area contributed by atoms with Crippen molar-refractivity contribution < 1.29 is 14.6 Å². The van der Waals surface area contributed by atoms with E-state index in [9.17, 15) is 0 Å². The van der Waals surface area contributed by atoms with Crippen LogP contribution in [-0.2, 0) is 6.61 Å². The van der Waals surface area contributed by atoms with Crippen LogP contribution in [0.4, 0.5) is 0 Å². The predicted octanol–water partition coefficient (Wildman–Crippen LogP) is 2.66. The van der Waals surface area contributed by atoms with Crippen LogP contribution in [0.25, 0.3) is 11.1 Å². The molecule has 2 aromatic rings. The van der Waals surface area contributed by atoms with Crippen LogP contribution in [0.1, 0.15) is 5.56 Å². The summed E-state index contributed by atoms with van der Waals surface area (Å²) in [5.74, 6) is 1.37. The van der Waals surface area contributed by atoms with Crippen molar-refractivity contribution in [3.8, 4) is 22.6 Å². The van der Waals surface area contributed by atoms with E-state index in [4.69, 9.17) is 14.6 Å². The summed E-state index contributed by atoms with van der Waals surface area (Å²) in [6, 6.07) is 14.4. The first-order valence-electron chi connectivity index (χ1n) is 5.62. The topological polar surface area (TPSA) is 38.7 Å². The van der Waals surface area contributed by atoms with Gasteiger partial charge in [-0.3, -0.25) is 0 Å². The fraction of sp³-hybridized carbons (Fsp3) is 0.200. The van der Waals surface area contributed by atoms with Gasteiger partial charge in [-0.2, -0.15) is 0 Å². The molecule has 0 amide bonds. The van der Waals surface area contributed by atoms with Crippen molar-refractivity contribution in [1.82, 2.24) is 0 Å². The number of aliphatic hydroxyl groups is 1. The van der Waals surface area contributed by atoms with Crippen LogP contribution in [0.3, 0.4) is 0 Å². The summed E-state index contributed by atoms with van der Waals surface area (Å²) in [4.78, 5) is 0. The van der Waals surface area contributed by atoms with Gasteiger partial charge in [-0.25, -0.2) is 0 Å². The normalized spacial score (nSPS) is 10.2. The fourth-order valence-electron chi connectivity index (χ4n) is 1.78. The van der Waals surface area contributed by atoms with Crippen molar-refractivity contribution in [2.45, 2.75) is 6.61 Å². The molecule has 3 nitrogen and oxygen atoms in total. The van der Waals surface area contributed by atoms with E-state index in [1.165, 1.54) is 0 Å². The molecule has 0 saturated carbocycles. The minimum atomic E-state index is 0.0228. The molecule has 1 N–H and O–H groups in total.